The Morgan fingerprint density at radius 2 is 1.71 bits per heavy atom. The summed E-state index contributed by atoms with van der Waals surface area (Å²) in [6.45, 7) is 0. The van der Waals surface area contributed by atoms with Crippen molar-refractivity contribution in [2.24, 2.45) is 0 Å². The van der Waals surface area contributed by atoms with Crippen LogP contribution in [0.1, 0.15) is 42.7 Å². The number of hydrogen-bond donors (Lipinski definition) is 1. The molecular formula is C13H15F3O. The number of halogens is 3. The van der Waals surface area contributed by atoms with E-state index in [1.165, 1.54) is 12.1 Å². The highest BCUT2D eigenvalue weighted by atomic mass is 19.4. The van der Waals surface area contributed by atoms with Crippen LogP contribution in [-0.4, -0.2) is 11.2 Å². The van der Waals surface area contributed by atoms with Gasteiger partial charge in [0.05, 0.1) is 11.7 Å². The molecule has 0 amide bonds. The molecule has 0 aromatic heterocycles. The van der Waals surface area contributed by atoms with Crippen LogP contribution in [0.4, 0.5) is 13.2 Å². The van der Waals surface area contributed by atoms with E-state index in [-0.39, 0.29) is 12.0 Å². The summed E-state index contributed by atoms with van der Waals surface area (Å²) >= 11 is 0. The Balaban J connectivity index is 2.12. The molecule has 1 aliphatic carbocycles. The molecule has 1 aromatic carbocycles. The van der Waals surface area contributed by atoms with Crippen LogP contribution in [0.25, 0.3) is 0 Å². The van der Waals surface area contributed by atoms with Crippen LogP contribution in [0.5, 0.6) is 0 Å². The molecule has 1 fully saturated rings. The van der Waals surface area contributed by atoms with Crippen LogP contribution in [0, 0.1) is 0 Å². The van der Waals surface area contributed by atoms with Crippen LogP contribution in [0.3, 0.4) is 0 Å². The highest BCUT2D eigenvalue weighted by Gasteiger charge is 2.30. The van der Waals surface area contributed by atoms with Crippen LogP contribution >= 0.6 is 0 Å². The molecule has 2 unspecified atom stereocenters. The predicted molar refractivity (Wildman–Crippen MR) is 58.7 cm³/mol. The highest BCUT2D eigenvalue weighted by molar-refractivity contribution is 5.27. The lowest BCUT2D eigenvalue weighted by Gasteiger charge is -2.26. The van der Waals surface area contributed by atoms with Gasteiger partial charge in [0.15, 0.2) is 0 Å². The molecule has 0 spiro atoms. The van der Waals surface area contributed by atoms with Gasteiger partial charge in [0.1, 0.15) is 0 Å². The summed E-state index contributed by atoms with van der Waals surface area (Å²) in [5.74, 6) is 0.195. The molecule has 2 atom stereocenters. The van der Waals surface area contributed by atoms with Crippen molar-refractivity contribution in [3.05, 3.63) is 35.4 Å². The smallest absolute Gasteiger partial charge is 0.393 e. The summed E-state index contributed by atoms with van der Waals surface area (Å²) in [5.41, 5.74) is 0.286. The first-order valence-corrected chi connectivity index (χ1v) is 5.82. The third-order valence-electron chi connectivity index (χ3n) is 3.36. The zero-order valence-electron chi connectivity index (χ0n) is 9.37. The number of aliphatic hydroxyl groups excluding tert-OH is 1. The van der Waals surface area contributed by atoms with E-state index >= 15 is 0 Å². The molecule has 1 saturated carbocycles. The van der Waals surface area contributed by atoms with Gasteiger partial charge in [-0.25, -0.2) is 0 Å². The molecular weight excluding hydrogens is 229 g/mol. The van der Waals surface area contributed by atoms with Crippen LogP contribution in [-0.2, 0) is 6.18 Å². The van der Waals surface area contributed by atoms with Crippen molar-refractivity contribution < 1.29 is 18.3 Å². The van der Waals surface area contributed by atoms with Crippen LogP contribution in [0.2, 0.25) is 0 Å². The Morgan fingerprint density at radius 3 is 2.24 bits per heavy atom. The third kappa shape index (κ3) is 3.00. The first-order valence-electron chi connectivity index (χ1n) is 5.82. The molecule has 17 heavy (non-hydrogen) atoms. The van der Waals surface area contributed by atoms with Crippen LogP contribution < -0.4 is 0 Å². The second kappa shape index (κ2) is 4.69. The van der Waals surface area contributed by atoms with Crippen molar-refractivity contribution in [2.45, 2.75) is 43.9 Å². The maximum Gasteiger partial charge on any atom is 0.416 e. The Bertz CT molecular complexity index is 369. The second-order valence-electron chi connectivity index (χ2n) is 4.64. The maximum atomic E-state index is 12.4. The van der Waals surface area contributed by atoms with Gasteiger partial charge in [0.25, 0.3) is 0 Å². The molecule has 0 aliphatic heterocycles. The van der Waals surface area contributed by atoms with E-state index in [0.29, 0.717) is 6.42 Å². The van der Waals surface area contributed by atoms with Gasteiger partial charge in [-0.1, -0.05) is 18.6 Å². The van der Waals surface area contributed by atoms with Crippen molar-refractivity contribution in [1.29, 1.82) is 0 Å². The van der Waals surface area contributed by atoms with Gasteiger partial charge in [-0.2, -0.15) is 13.2 Å². The summed E-state index contributed by atoms with van der Waals surface area (Å²) in [6, 6.07) is 5.31. The molecule has 0 radical (unpaired) electrons. The van der Waals surface area contributed by atoms with Gasteiger partial charge >= 0.3 is 6.18 Å². The normalized spacial score (nSPS) is 25.9. The minimum absolute atomic E-state index is 0.195. The molecule has 0 heterocycles. The highest BCUT2D eigenvalue weighted by Crippen LogP contribution is 2.35. The molecule has 1 nitrogen and oxygen atoms in total. The lowest BCUT2D eigenvalue weighted by Crippen LogP contribution is -2.18. The van der Waals surface area contributed by atoms with Gasteiger partial charge in [-0.15, -0.1) is 0 Å². The molecule has 1 N–H and O–H groups in total. The zero-order valence-corrected chi connectivity index (χ0v) is 9.37. The monoisotopic (exact) mass is 244 g/mol. The van der Waals surface area contributed by atoms with E-state index in [1.54, 1.807) is 0 Å². The molecule has 2 rings (SSSR count). The molecule has 0 bridgehead atoms. The Labute approximate surface area is 98.3 Å². The Hall–Kier alpha value is -1.03. The standard InChI is InChI=1S/C13H15F3O/c14-13(15,16)11-6-4-9(5-7-11)10-2-1-3-12(17)8-10/h4-7,10,12,17H,1-3,8H2. The zero-order chi connectivity index (χ0) is 12.5. The number of alkyl halides is 3. The quantitative estimate of drug-likeness (QED) is 0.798. The number of aliphatic hydroxyl groups is 1. The Kier molecular flexibility index (Phi) is 3.43. The number of benzene rings is 1. The van der Waals surface area contributed by atoms with Crippen molar-refractivity contribution >= 4 is 0 Å². The average Bonchev–Trinajstić information content (AvgIpc) is 2.28. The summed E-state index contributed by atoms with van der Waals surface area (Å²) in [5, 5.41) is 9.54. The summed E-state index contributed by atoms with van der Waals surface area (Å²) in [6.07, 6.45) is -1.24. The lowest BCUT2D eigenvalue weighted by atomic mass is 9.82. The summed E-state index contributed by atoms with van der Waals surface area (Å²) < 4.78 is 37.2. The van der Waals surface area contributed by atoms with Crippen molar-refractivity contribution in [3.63, 3.8) is 0 Å². The van der Waals surface area contributed by atoms with E-state index in [2.05, 4.69) is 0 Å². The van der Waals surface area contributed by atoms with Crippen molar-refractivity contribution in [1.82, 2.24) is 0 Å². The van der Waals surface area contributed by atoms with Gasteiger partial charge in [-0.05, 0) is 42.9 Å². The minimum Gasteiger partial charge on any atom is -0.393 e. The minimum atomic E-state index is -4.27. The molecule has 1 aliphatic rings. The van der Waals surface area contributed by atoms with E-state index < -0.39 is 11.7 Å². The third-order valence-corrected chi connectivity index (χ3v) is 3.36. The van der Waals surface area contributed by atoms with E-state index in [9.17, 15) is 18.3 Å². The molecule has 0 saturated heterocycles. The van der Waals surface area contributed by atoms with Gasteiger partial charge in [0, 0.05) is 0 Å². The fourth-order valence-corrected chi connectivity index (χ4v) is 2.41. The summed E-state index contributed by atoms with van der Waals surface area (Å²) in [4.78, 5) is 0. The average molecular weight is 244 g/mol. The molecule has 94 valence electrons. The van der Waals surface area contributed by atoms with Gasteiger partial charge in [0.2, 0.25) is 0 Å². The number of hydrogen-bond acceptors (Lipinski definition) is 1. The predicted octanol–water partition coefficient (Wildman–Crippen LogP) is 3.72. The van der Waals surface area contributed by atoms with Crippen molar-refractivity contribution in [3.8, 4) is 0 Å². The van der Waals surface area contributed by atoms with E-state index in [0.717, 1.165) is 37.0 Å². The SMILES string of the molecule is OC1CCCC(c2ccc(C(F)(F)F)cc2)C1. The van der Waals surface area contributed by atoms with E-state index in [4.69, 9.17) is 0 Å². The van der Waals surface area contributed by atoms with Crippen LogP contribution in [0.15, 0.2) is 24.3 Å². The Morgan fingerprint density at radius 1 is 1.06 bits per heavy atom. The fourth-order valence-electron chi connectivity index (χ4n) is 2.41. The van der Waals surface area contributed by atoms with Gasteiger partial charge in [-0.3, -0.25) is 0 Å². The molecule has 4 heteroatoms. The fraction of sp³-hybridized carbons (Fsp3) is 0.538. The maximum absolute atomic E-state index is 12.4. The second-order valence-corrected chi connectivity index (χ2v) is 4.64. The number of rotatable bonds is 1. The first kappa shape index (κ1) is 12.4. The van der Waals surface area contributed by atoms with Crippen molar-refractivity contribution in [2.75, 3.05) is 0 Å². The van der Waals surface area contributed by atoms with E-state index in [1.807, 2.05) is 0 Å². The largest absolute Gasteiger partial charge is 0.416 e. The topological polar surface area (TPSA) is 20.2 Å². The first-order chi connectivity index (χ1) is 7.97. The lowest BCUT2D eigenvalue weighted by molar-refractivity contribution is -0.137. The van der Waals surface area contributed by atoms with Gasteiger partial charge < -0.3 is 5.11 Å². The molecule has 1 aromatic rings. The summed E-state index contributed by atoms with van der Waals surface area (Å²) in [7, 11) is 0.